The van der Waals surface area contributed by atoms with Gasteiger partial charge in [-0.2, -0.15) is 5.26 Å². The first-order chi connectivity index (χ1) is 5.91. The molecule has 0 saturated carbocycles. The minimum Gasteiger partial charge on any atom is -0.298 e. The predicted molar refractivity (Wildman–Crippen MR) is 52.3 cm³/mol. The van der Waals surface area contributed by atoms with Crippen LogP contribution in [0.5, 0.6) is 0 Å². The zero-order valence-corrected chi connectivity index (χ0v) is 7.92. The van der Waals surface area contributed by atoms with Crippen molar-refractivity contribution in [1.82, 2.24) is 0 Å². The molecule has 0 N–H and O–H groups in total. The van der Waals surface area contributed by atoms with Gasteiger partial charge >= 0.3 is 0 Å². The molecule has 0 aliphatic carbocycles. The first-order valence-corrected chi connectivity index (χ1v) is 4.77. The molecule has 0 atom stereocenters. The van der Waals surface area contributed by atoms with Gasteiger partial charge in [-0.1, -0.05) is 13.3 Å². The fourth-order valence-electron chi connectivity index (χ4n) is 0.872. The summed E-state index contributed by atoms with van der Waals surface area (Å²) in [6.07, 6.45) is 8.22. The Morgan fingerprint density at radius 1 is 1.33 bits per heavy atom. The molecule has 2 nitrogen and oxygen atoms in total. The molecule has 68 valence electrons. The first kappa shape index (κ1) is 11.2. The van der Waals surface area contributed by atoms with Crippen molar-refractivity contribution in [2.45, 2.75) is 45.4 Å². The van der Waals surface area contributed by atoms with E-state index in [0.29, 0.717) is 6.42 Å². The van der Waals surface area contributed by atoms with Crippen LogP contribution in [0.4, 0.5) is 0 Å². The van der Waals surface area contributed by atoms with Crippen molar-refractivity contribution in [2.24, 2.45) is 4.99 Å². The Labute approximate surface area is 75.3 Å². The third-order valence-electron chi connectivity index (χ3n) is 1.64. The number of nitriles is 1. The first-order valence-electron chi connectivity index (χ1n) is 4.77. The summed E-state index contributed by atoms with van der Waals surface area (Å²) < 4.78 is 0. The minimum absolute atomic E-state index is 0.683. The third-order valence-corrected chi connectivity index (χ3v) is 1.64. The van der Waals surface area contributed by atoms with Crippen LogP contribution >= 0.6 is 0 Å². The Hall–Kier alpha value is -0.840. The van der Waals surface area contributed by atoms with Crippen LogP contribution in [0.15, 0.2) is 4.99 Å². The highest BCUT2D eigenvalue weighted by Crippen LogP contribution is 1.96. The zero-order valence-electron chi connectivity index (χ0n) is 7.92. The highest BCUT2D eigenvalue weighted by Gasteiger charge is 1.84. The van der Waals surface area contributed by atoms with E-state index < -0.39 is 0 Å². The van der Waals surface area contributed by atoms with Crippen molar-refractivity contribution in [3.63, 3.8) is 0 Å². The predicted octanol–water partition coefficient (Wildman–Crippen LogP) is 2.94. The molecule has 0 aliphatic rings. The van der Waals surface area contributed by atoms with E-state index in [0.717, 1.165) is 25.8 Å². The molecule has 0 aromatic heterocycles. The molecule has 0 saturated heterocycles. The summed E-state index contributed by atoms with van der Waals surface area (Å²) in [4.78, 5) is 4.25. The number of aliphatic imine (C=N–C) groups is 1. The van der Waals surface area contributed by atoms with E-state index in [-0.39, 0.29) is 0 Å². The standard InChI is InChI=1S/C10H18N2/c1-2-3-9-12-10-7-5-4-6-8-11/h10H,2-7,9H2,1H3. The lowest BCUT2D eigenvalue weighted by atomic mass is 10.2. The average molecular weight is 166 g/mol. The maximum Gasteiger partial charge on any atom is 0.0621 e. The Bertz CT molecular complexity index is 144. The molecule has 0 spiro atoms. The highest BCUT2D eigenvalue weighted by molar-refractivity contribution is 5.56. The van der Waals surface area contributed by atoms with Gasteiger partial charge in [0.05, 0.1) is 6.07 Å². The van der Waals surface area contributed by atoms with Crippen LogP contribution in [0, 0.1) is 11.3 Å². The van der Waals surface area contributed by atoms with Gasteiger partial charge < -0.3 is 0 Å². The van der Waals surface area contributed by atoms with Crippen LogP contribution < -0.4 is 0 Å². The summed E-state index contributed by atoms with van der Waals surface area (Å²) in [7, 11) is 0. The second-order valence-corrected chi connectivity index (χ2v) is 2.85. The number of rotatable bonds is 7. The molecule has 0 rings (SSSR count). The second-order valence-electron chi connectivity index (χ2n) is 2.85. The fraction of sp³-hybridized carbons (Fsp3) is 0.800. The fourth-order valence-corrected chi connectivity index (χ4v) is 0.872. The molecule has 0 heterocycles. The number of hydrogen-bond donors (Lipinski definition) is 0. The molecule has 0 aromatic carbocycles. The lowest BCUT2D eigenvalue weighted by Gasteiger charge is -1.91. The average Bonchev–Trinajstić information content (AvgIpc) is 2.10. The van der Waals surface area contributed by atoms with E-state index >= 15 is 0 Å². The third kappa shape index (κ3) is 9.16. The van der Waals surface area contributed by atoms with E-state index in [2.05, 4.69) is 18.0 Å². The van der Waals surface area contributed by atoms with Crippen LogP contribution in [0.2, 0.25) is 0 Å². The molecular formula is C10H18N2. The van der Waals surface area contributed by atoms with Crippen molar-refractivity contribution in [3.05, 3.63) is 0 Å². The molecular weight excluding hydrogens is 148 g/mol. The summed E-state index contributed by atoms with van der Waals surface area (Å²) in [5, 5.41) is 8.26. The maximum absolute atomic E-state index is 8.26. The zero-order chi connectivity index (χ0) is 9.07. The summed E-state index contributed by atoms with van der Waals surface area (Å²) in [6, 6.07) is 2.13. The van der Waals surface area contributed by atoms with Crippen molar-refractivity contribution >= 4 is 6.21 Å². The summed E-state index contributed by atoms with van der Waals surface area (Å²) in [5.74, 6) is 0. The van der Waals surface area contributed by atoms with Crippen LogP contribution in [0.3, 0.4) is 0 Å². The molecule has 12 heavy (non-hydrogen) atoms. The lowest BCUT2D eigenvalue weighted by Crippen LogP contribution is -1.82. The van der Waals surface area contributed by atoms with Gasteiger partial charge in [-0.05, 0) is 31.9 Å². The Balaban J connectivity index is 2.98. The summed E-state index contributed by atoms with van der Waals surface area (Å²) >= 11 is 0. The van der Waals surface area contributed by atoms with Gasteiger partial charge in [0.1, 0.15) is 0 Å². The van der Waals surface area contributed by atoms with E-state index in [1.165, 1.54) is 12.8 Å². The van der Waals surface area contributed by atoms with Crippen LogP contribution in [0.25, 0.3) is 0 Å². The molecule has 0 fully saturated rings. The topological polar surface area (TPSA) is 36.1 Å². The Morgan fingerprint density at radius 2 is 2.17 bits per heavy atom. The molecule has 0 bridgehead atoms. The minimum atomic E-state index is 0.683. The van der Waals surface area contributed by atoms with E-state index in [4.69, 9.17) is 5.26 Å². The van der Waals surface area contributed by atoms with Gasteiger partial charge in [0.15, 0.2) is 0 Å². The van der Waals surface area contributed by atoms with Gasteiger partial charge in [0.2, 0.25) is 0 Å². The summed E-state index contributed by atoms with van der Waals surface area (Å²) in [6.45, 7) is 3.14. The SMILES string of the molecule is CCCCN=CCCCCC#N. The molecule has 0 amide bonds. The lowest BCUT2D eigenvalue weighted by molar-refractivity contribution is 0.778. The number of unbranched alkanes of at least 4 members (excludes halogenated alkanes) is 4. The van der Waals surface area contributed by atoms with Crippen molar-refractivity contribution in [2.75, 3.05) is 6.54 Å². The smallest absolute Gasteiger partial charge is 0.0621 e. The molecule has 0 radical (unpaired) electrons. The van der Waals surface area contributed by atoms with Gasteiger partial charge in [-0.25, -0.2) is 0 Å². The molecule has 2 heteroatoms. The number of hydrogen-bond acceptors (Lipinski definition) is 2. The van der Waals surface area contributed by atoms with Gasteiger partial charge in [-0.3, -0.25) is 4.99 Å². The maximum atomic E-state index is 8.26. The largest absolute Gasteiger partial charge is 0.298 e. The molecule has 0 aromatic rings. The van der Waals surface area contributed by atoms with Gasteiger partial charge in [0, 0.05) is 13.0 Å². The van der Waals surface area contributed by atoms with Crippen LogP contribution in [-0.4, -0.2) is 12.8 Å². The Morgan fingerprint density at radius 3 is 2.83 bits per heavy atom. The Kier molecular flexibility index (Phi) is 9.45. The number of nitrogens with zero attached hydrogens (tertiary/aromatic N) is 2. The van der Waals surface area contributed by atoms with E-state index in [1.807, 2.05) is 6.21 Å². The van der Waals surface area contributed by atoms with E-state index in [9.17, 15) is 0 Å². The van der Waals surface area contributed by atoms with Gasteiger partial charge in [0.25, 0.3) is 0 Å². The molecule has 0 aliphatic heterocycles. The normalized spacial score (nSPS) is 10.3. The van der Waals surface area contributed by atoms with Crippen molar-refractivity contribution in [3.8, 4) is 6.07 Å². The van der Waals surface area contributed by atoms with Crippen molar-refractivity contribution in [1.29, 1.82) is 5.26 Å². The highest BCUT2D eigenvalue weighted by atomic mass is 14.7. The molecule has 0 unspecified atom stereocenters. The van der Waals surface area contributed by atoms with Crippen molar-refractivity contribution < 1.29 is 0 Å². The monoisotopic (exact) mass is 166 g/mol. The second kappa shape index (κ2) is 10.2. The van der Waals surface area contributed by atoms with E-state index in [1.54, 1.807) is 0 Å². The quantitative estimate of drug-likeness (QED) is 0.423. The summed E-state index contributed by atoms with van der Waals surface area (Å²) in [5.41, 5.74) is 0. The van der Waals surface area contributed by atoms with Gasteiger partial charge in [-0.15, -0.1) is 0 Å². The van der Waals surface area contributed by atoms with Crippen LogP contribution in [-0.2, 0) is 0 Å². The van der Waals surface area contributed by atoms with Crippen LogP contribution in [0.1, 0.15) is 45.4 Å².